The van der Waals surface area contributed by atoms with Crippen molar-refractivity contribution in [3.63, 3.8) is 0 Å². The molecule has 0 aliphatic carbocycles. The van der Waals surface area contributed by atoms with Gasteiger partial charge in [-0.25, -0.2) is 4.39 Å². The van der Waals surface area contributed by atoms with E-state index in [0.29, 0.717) is 5.92 Å². The fraction of sp³-hybridized carbons (Fsp3) is 0.500. The number of likely N-dealkylation sites (tertiary alicyclic amines) is 1. The third-order valence-corrected chi connectivity index (χ3v) is 4.58. The minimum atomic E-state index is -0.229. The van der Waals surface area contributed by atoms with Gasteiger partial charge >= 0.3 is 0 Å². The summed E-state index contributed by atoms with van der Waals surface area (Å²) in [5.41, 5.74) is 10.9. The van der Waals surface area contributed by atoms with Crippen LogP contribution in [0.2, 0.25) is 0 Å². The van der Waals surface area contributed by atoms with Crippen LogP contribution >= 0.6 is 0 Å². The molecule has 1 saturated heterocycles. The predicted octanol–water partition coefficient (Wildman–Crippen LogP) is 3.80. The van der Waals surface area contributed by atoms with Crippen molar-refractivity contribution in [2.75, 3.05) is 20.1 Å². The van der Waals surface area contributed by atoms with E-state index in [2.05, 4.69) is 16.9 Å². The van der Waals surface area contributed by atoms with Crippen molar-refractivity contribution in [1.82, 2.24) is 4.90 Å². The lowest BCUT2D eigenvalue weighted by molar-refractivity contribution is 0.237. The van der Waals surface area contributed by atoms with E-state index in [9.17, 15) is 4.39 Å². The second kappa shape index (κ2) is 7.05. The smallest absolute Gasteiger partial charge is 0.123 e. The van der Waals surface area contributed by atoms with Crippen LogP contribution in [0.25, 0.3) is 0 Å². The predicted molar refractivity (Wildman–Crippen MR) is 91.0 cm³/mol. The molecule has 1 heterocycles. The SMILES string of the molecule is CC(=Nc1ccc(F)cc1C)/C(C)=C(\N)C1CCN(C)CC1. The van der Waals surface area contributed by atoms with Gasteiger partial charge in [-0.2, -0.15) is 0 Å². The van der Waals surface area contributed by atoms with Gasteiger partial charge in [0.25, 0.3) is 0 Å². The molecule has 1 fully saturated rings. The third-order valence-electron chi connectivity index (χ3n) is 4.58. The topological polar surface area (TPSA) is 41.6 Å². The van der Waals surface area contributed by atoms with Gasteiger partial charge in [0.15, 0.2) is 0 Å². The van der Waals surface area contributed by atoms with Gasteiger partial charge in [-0.1, -0.05) is 0 Å². The molecule has 0 amide bonds. The van der Waals surface area contributed by atoms with Crippen LogP contribution < -0.4 is 5.73 Å². The average Bonchev–Trinajstić information content (AvgIpc) is 2.49. The Balaban J connectivity index is 2.21. The van der Waals surface area contributed by atoms with Crippen LogP contribution in [0.5, 0.6) is 0 Å². The Morgan fingerprint density at radius 3 is 2.50 bits per heavy atom. The monoisotopic (exact) mass is 303 g/mol. The molecule has 4 heteroatoms. The number of nitrogens with zero attached hydrogens (tertiary/aromatic N) is 2. The molecule has 0 bridgehead atoms. The summed E-state index contributed by atoms with van der Waals surface area (Å²) in [6.07, 6.45) is 2.20. The zero-order chi connectivity index (χ0) is 16.3. The quantitative estimate of drug-likeness (QED) is 0.863. The first-order valence-corrected chi connectivity index (χ1v) is 7.85. The Labute approximate surface area is 132 Å². The molecular formula is C18H26FN3. The van der Waals surface area contributed by atoms with Gasteiger partial charge in [-0.05, 0) is 83.1 Å². The normalized spacial score (nSPS) is 19.2. The molecule has 0 spiro atoms. The fourth-order valence-corrected chi connectivity index (χ4v) is 2.84. The van der Waals surface area contributed by atoms with Crippen molar-refractivity contribution in [3.05, 3.63) is 40.8 Å². The molecule has 0 saturated carbocycles. The molecular weight excluding hydrogens is 277 g/mol. The molecule has 1 aromatic carbocycles. The van der Waals surface area contributed by atoms with Gasteiger partial charge in [0.1, 0.15) is 5.82 Å². The van der Waals surface area contributed by atoms with Crippen molar-refractivity contribution in [1.29, 1.82) is 0 Å². The molecule has 0 radical (unpaired) electrons. The molecule has 0 atom stereocenters. The van der Waals surface area contributed by atoms with Crippen molar-refractivity contribution < 1.29 is 4.39 Å². The number of hydrogen-bond acceptors (Lipinski definition) is 3. The van der Waals surface area contributed by atoms with Crippen LogP contribution in [0.15, 0.2) is 34.5 Å². The van der Waals surface area contributed by atoms with Gasteiger partial charge in [-0.3, -0.25) is 4.99 Å². The largest absolute Gasteiger partial charge is 0.402 e. The van der Waals surface area contributed by atoms with E-state index in [-0.39, 0.29) is 5.82 Å². The van der Waals surface area contributed by atoms with E-state index in [4.69, 9.17) is 5.73 Å². The highest BCUT2D eigenvalue weighted by atomic mass is 19.1. The zero-order valence-electron chi connectivity index (χ0n) is 14.0. The van der Waals surface area contributed by atoms with Crippen molar-refractivity contribution in [2.45, 2.75) is 33.6 Å². The molecule has 22 heavy (non-hydrogen) atoms. The summed E-state index contributed by atoms with van der Waals surface area (Å²) < 4.78 is 13.2. The highest BCUT2D eigenvalue weighted by molar-refractivity contribution is 6.00. The number of aliphatic imine (C=N–C) groups is 1. The molecule has 1 aromatic rings. The highest BCUT2D eigenvalue weighted by Crippen LogP contribution is 2.25. The summed E-state index contributed by atoms with van der Waals surface area (Å²) in [6, 6.07) is 4.66. The van der Waals surface area contributed by atoms with Gasteiger partial charge in [0.05, 0.1) is 5.69 Å². The number of aryl methyl sites for hydroxylation is 1. The lowest BCUT2D eigenvalue weighted by Gasteiger charge is -2.30. The maximum Gasteiger partial charge on any atom is 0.123 e. The first-order chi connectivity index (χ1) is 10.4. The van der Waals surface area contributed by atoms with Crippen molar-refractivity contribution in [3.8, 4) is 0 Å². The van der Waals surface area contributed by atoms with Gasteiger partial charge in [0, 0.05) is 17.3 Å². The van der Waals surface area contributed by atoms with E-state index in [0.717, 1.165) is 54.2 Å². The van der Waals surface area contributed by atoms with Gasteiger partial charge < -0.3 is 10.6 Å². The molecule has 1 aliphatic rings. The van der Waals surface area contributed by atoms with Crippen molar-refractivity contribution in [2.24, 2.45) is 16.6 Å². The molecule has 120 valence electrons. The minimum Gasteiger partial charge on any atom is -0.402 e. The summed E-state index contributed by atoms with van der Waals surface area (Å²) in [5, 5.41) is 0. The first kappa shape index (κ1) is 16.7. The third kappa shape index (κ3) is 3.95. The second-order valence-electron chi connectivity index (χ2n) is 6.29. The standard InChI is InChI=1S/C18H26FN3/c1-12-11-16(19)5-6-17(12)21-14(3)13(2)18(20)15-7-9-22(4)10-8-15/h5-6,11,15H,7-10,20H2,1-4H3/b18-13-,21-14?. The van der Waals surface area contributed by atoms with E-state index < -0.39 is 0 Å². The zero-order valence-corrected chi connectivity index (χ0v) is 14.0. The van der Waals surface area contributed by atoms with E-state index in [1.165, 1.54) is 12.1 Å². The lowest BCUT2D eigenvalue weighted by atomic mass is 9.90. The van der Waals surface area contributed by atoms with E-state index >= 15 is 0 Å². The number of piperidine rings is 1. The molecule has 2 rings (SSSR count). The van der Waals surface area contributed by atoms with Crippen LogP contribution in [0.4, 0.5) is 10.1 Å². The number of benzene rings is 1. The number of hydrogen-bond donors (Lipinski definition) is 1. The molecule has 2 N–H and O–H groups in total. The molecule has 1 aliphatic heterocycles. The summed E-state index contributed by atoms with van der Waals surface area (Å²) in [7, 11) is 2.15. The Bertz CT molecular complexity index is 596. The Morgan fingerprint density at radius 2 is 1.91 bits per heavy atom. The summed E-state index contributed by atoms with van der Waals surface area (Å²) in [4.78, 5) is 6.97. The number of nitrogens with two attached hydrogens (primary N) is 1. The van der Waals surface area contributed by atoms with Crippen LogP contribution in [0, 0.1) is 18.7 Å². The molecule has 3 nitrogen and oxygen atoms in total. The van der Waals surface area contributed by atoms with Gasteiger partial charge in [0.2, 0.25) is 0 Å². The van der Waals surface area contributed by atoms with Crippen molar-refractivity contribution >= 4 is 11.4 Å². The molecule has 0 unspecified atom stereocenters. The number of halogens is 1. The Hall–Kier alpha value is -1.68. The summed E-state index contributed by atoms with van der Waals surface area (Å²) in [6.45, 7) is 8.05. The maximum absolute atomic E-state index is 13.2. The molecule has 0 aromatic heterocycles. The summed E-state index contributed by atoms with van der Waals surface area (Å²) in [5.74, 6) is 0.211. The Kier molecular flexibility index (Phi) is 5.35. The summed E-state index contributed by atoms with van der Waals surface area (Å²) >= 11 is 0. The lowest BCUT2D eigenvalue weighted by Crippen LogP contribution is -2.33. The highest BCUT2D eigenvalue weighted by Gasteiger charge is 2.20. The van der Waals surface area contributed by atoms with Crippen LogP contribution in [0.1, 0.15) is 32.3 Å². The van der Waals surface area contributed by atoms with Crippen LogP contribution in [-0.2, 0) is 0 Å². The van der Waals surface area contributed by atoms with Crippen LogP contribution in [-0.4, -0.2) is 30.7 Å². The minimum absolute atomic E-state index is 0.229. The maximum atomic E-state index is 13.2. The number of rotatable bonds is 3. The second-order valence-corrected chi connectivity index (χ2v) is 6.29. The van der Waals surface area contributed by atoms with E-state index in [1.54, 1.807) is 6.07 Å². The average molecular weight is 303 g/mol. The number of allylic oxidation sites excluding steroid dienone is 2. The van der Waals surface area contributed by atoms with Gasteiger partial charge in [-0.15, -0.1) is 0 Å². The Morgan fingerprint density at radius 1 is 1.27 bits per heavy atom. The first-order valence-electron chi connectivity index (χ1n) is 7.85. The van der Waals surface area contributed by atoms with Crippen LogP contribution in [0.3, 0.4) is 0 Å². The fourth-order valence-electron chi connectivity index (χ4n) is 2.84. The van der Waals surface area contributed by atoms with E-state index in [1.807, 2.05) is 20.8 Å².